The average Bonchev–Trinajstić information content (AvgIpc) is 2.89. The van der Waals surface area contributed by atoms with E-state index in [1.165, 1.54) is 6.07 Å². The van der Waals surface area contributed by atoms with Crippen molar-refractivity contribution in [2.75, 3.05) is 6.54 Å². The molecule has 1 aromatic heterocycles. The SMILES string of the molecule is CCNC(Cc1nc2ccccc2o1)c1ccccc1F. The van der Waals surface area contributed by atoms with Gasteiger partial charge in [-0.2, -0.15) is 0 Å². The van der Waals surface area contributed by atoms with Crippen molar-refractivity contribution < 1.29 is 8.81 Å². The first-order chi connectivity index (χ1) is 10.3. The molecule has 0 radical (unpaired) electrons. The van der Waals surface area contributed by atoms with E-state index in [4.69, 9.17) is 4.42 Å². The lowest BCUT2D eigenvalue weighted by Gasteiger charge is -2.17. The molecule has 1 unspecified atom stereocenters. The molecule has 1 heterocycles. The smallest absolute Gasteiger partial charge is 0.197 e. The molecule has 1 atom stereocenters. The quantitative estimate of drug-likeness (QED) is 0.773. The van der Waals surface area contributed by atoms with Crippen LogP contribution in [0.1, 0.15) is 24.4 Å². The van der Waals surface area contributed by atoms with Gasteiger partial charge in [0.05, 0.1) is 0 Å². The van der Waals surface area contributed by atoms with Crippen LogP contribution in [0.2, 0.25) is 0 Å². The molecule has 0 aliphatic rings. The molecule has 0 fully saturated rings. The number of benzene rings is 2. The first kappa shape index (κ1) is 13.8. The number of oxazole rings is 1. The van der Waals surface area contributed by atoms with Crippen molar-refractivity contribution in [1.29, 1.82) is 0 Å². The van der Waals surface area contributed by atoms with Crippen LogP contribution in [0.5, 0.6) is 0 Å². The summed E-state index contributed by atoms with van der Waals surface area (Å²) in [5.74, 6) is 0.407. The summed E-state index contributed by atoms with van der Waals surface area (Å²) < 4.78 is 19.7. The van der Waals surface area contributed by atoms with E-state index < -0.39 is 0 Å². The Morgan fingerprint density at radius 3 is 2.67 bits per heavy atom. The molecular formula is C17H17FN2O. The molecule has 3 nitrogen and oxygen atoms in total. The highest BCUT2D eigenvalue weighted by molar-refractivity contribution is 5.72. The number of fused-ring (bicyclic) bond motifs is 1. The molecule has 0 aliphatic carbocycles. The summed E-state index contributed by atoms with van der Waals surface area (Å²) in [5.41, 5.74) is 2.23. The normalized spacial score (nSPS) is 12.7. The highest BCUT2D eigenvalue weighted by Crippen LogP contribution is 2.23. The van der Waals surface area contributed by atoms with Gasteiger partial charge in [0, 0.05) is 18.0 Å². The van der Waals surface area contributed by atoms with Gasteiger partial charge in [-0.05, 0) is 24.7 Å². The number of nitrogens with zero attached hydrogens (tertiary/aromatic N) is 1. The molecule has 4 heteroatoms. The minimum absolute atomic E-state index is 0.149. The van der Waals surface area contributed by atoms with Crippen LogP contribution in [0.15, 0.2) is 52.9 Å². The summed E-state index contributed by atoms with van der Waals surface area (Å²) in [4.78, 5) is 4.46. The summed E-state index contributed by atoms with van der Waals surface area (Å²) in [6.07, 6.45) is 0.517. The number of hydrogen-bond donors (Lipinski definition) is 1. The Kier molecular flexibility index (Phi) is 3.97. The van der Waals surface area contributed by atoms with Crippen molar-refractivity contribution >= 4 is 11.1 Å². The average molecular weight is 284 g/mol. The van der Waals surface area contributed by atoms with Crippen LogP contribution >= 0.6 is 0 Å². The number of halogens is 1. The van der Waals surface area contributed by atoms with Crippen LogP contribution in [0.4, 0.5) is 4.39 Å². The Balaban J connectivity index is 1.90. The zero-order chi connectivity index (χ0) is 14.7. The molecule has 1 N–H and O–H groups in total. The Hall–Kier alpha value is -2.20. The van der Waals surface area contributed by atoms with E-state index in [0.29, 0.717) is 17.9 Å². The van der Waals surface area contributed by atoms with Crippen LogP contribution in [0.25, 0.3) is 11.1 Å². The Morgan fingerprint density at radius 2 is 1.90 bits per heavy atom. The van der Waals surface area contributed by atoms with Crippen LogP contribution in [-0.2, 0) is 6.42 Å². The molecule has 0 amide bonds. The van der Waals surface area contributed by atoms with Crippen LogP contribution < -0.4 is 5.32 Å². The Bertz CT molecular complexity index is 705. The fourth-order valence-electron chi connectivity index (χ4n) is 2.48. The number of aromatic nitrogens is 1. The predicted molar refractivity (Wildman–Crippen MR) is 80.5 cm³/mol. The molecule has 0 aliphatic heterocycles. The van der Waals surface area contributed by atoms with Crippen molar-refractivity contribution in [3.8, 4) is 0 Å². The van der Waals surface area contributed by atoms with E-state index in [-0.39, 0.29) is 11.9 Å². The monoisotopic (exact) mass is 284 g/mol. The maximum Gasteiger partial charge on any atom is 0.197 e. The third-order valence-corrected chi connectivity index (χ3v) is 3.45. The lowest BCUT2D eigenvalue weighted by atomic mass is 10.0. The van der Waals surface area contributed by atoms with Gasteiger partial charge in [-0.3, -0.25) is 0 Å². The van der Waals surface area contributed by atoms with Crippen LogP contribution in [-0.4, -0.2) is 11.5 Å². The molecule has 0 saturated carbocycles. The maximum atomic E-state index is 14.0. The minimum atomic E-state index is -0.209. The number of hydrogen-bond acceptors (Lipinski definition) is 3. The standard InChI is InChI=1S/C17H17FN2O/c1-2-19-15(12-7-3-4-8-13(12)18)11-17-20-14-9-5-6-10-16(14)21-17/h3-10,15,19H,2,11H2,1H3. The topological polar surface area (TPSA) is 38.1 Å². The second kappa shape index (κ2) is 6.06. The molecule has 0 spiro atoms. The maximum absolute atomic E-state index is 14.0. The van der Waals surface area contributed by atoms with Crippen LogP contribution in [0, 0.1) is 5.82 Å². The third kappa shape index (κ3) is 2.95. The van der Waals surface area contributed by atoms with Crippen molar-refractivity contribution in [2.24, 2.45) is 0 Å². The molecule has 3 rings (SSSR count). The fraction of sp³-hybridized carbons (Fsp3) is 0.235. The van der Waals surface area contributed by atoms with Gasteiger partial charge in [0.15, 0.2) is 11.5 Å². The van der Waals surface area contributed by atoms with Crippen molar-refractivity contribution in [1.82, 2.24) is 10.3 Å². The summed E-state index contributed by atoms with van der Waals surface area (Å²) in [6, 6.07) is 14.3. The summed E-state index contributed by atoms with van der Waals surface area (Å²) in [7, 11) is 0. The van der Waals surface area contributed by atoms with Gasteiger partial charge in [0.1, 0.15) is 11.3 Å². The van der Waals surface area contributed by atoms with E-state index in [1.807, 2.05) is 37.3 Å². The molecule has 0 bridgehead atoms. The lowest BCUT2D eigenvalue weighted by Crippen LogP contribution is -2.24. The van der Waals surface area contributed by atoms with Gasteiger partial charge in [0.2, 0.25) is 0 Å². The zero-order valence-corrected chi connectivity index (χ0v) is 11.8. The first-order valence-corrected chi connectivity index (χ1v) is 7.10. The van der Waals surface area contributed by atoms with E-state index >= 15 is 0 Å². The van der Waals surface area contributed by atoms with E-state index in [0.717, 1.165) is 17.6 Å². The van der Waals surface area contributed by atoms with Crippen LogP contribution in [0.3, 0.4) is 0 Å². The number of rotatable bonds is 5. The third-order valence-electron chi connectivity index (χ3n) is 3.45. The molecule has 0 saturated heterocycles. The molecule has 21 heavy (non-hydrogen) atoms. The minimum Gasteiger partial charge on any atom is -0.441 e. The van der Waals surface area contributed by atoms with E-state index in [2.05, 4.69) is 10.3 Å². The summed E-state index contributed by atoms with van der Waals surface area (Å²) in [5, 5.41) is 3.29. The molecule has 3 aromatic rings. The predicted octanol–water partition coefficient (Wildman–Crippen LogP) is 3.86. The largest absolute Gasteiger partial charge is 0.441 e. The second-order valence-electron chi connectivity index (χ2n) is 4.91. The molecule has 2 aromatic carbocycles. The van der Waals surface area contributed by atoms with Gasteiger partial charge in [-0.15, -0.1) is 0 Å². The molecular weight excluding hydrogens is 267 g/mol. The van der Waals surface area contributed by atoms with Gasteiger partial charge >= 0.3 is 0 Å². The first-order valence-electron chi connectivity index (χ1n) is 7.10. The highest BCUT2D eigenvalue weighted by atomic mass is 19.1. The highest BCUT2D eigenvalue weighted by Gasteiger charge is 2.18. The zero-order valence-electron chi connectivity index (χ0n) is 11.8. The Morgan fingerprint density at radius 1 is 1.14 bits per heavy atom. The number of nitrogens with one attached hydrogen (secondary N) is 1. The molecule has 108 valence electrons. The fourth-order valence-corrected chi connectivity index (χ4v) is 2.48. The van der Waals surface area contributed by atoms with E-state index in [1.54, 1.807) is 12.1 Å². The van der Waals surface area contributed by atoms with Crippen molar-refractivity contribution in [3.05, 3.63) is 65.8 Å². The Labute approximate surface area is 122 Å². The van der Waals surface area contributed by atoms with Crippen molar-refractivity contribution in [3.63, 3.8) is 0 Å². The van der Waals surface area contributed by atoms with Gasteiger partial charge in [0.25, 0.3) is 0 Å². The van der Waals surface area contributed by atoms with Gasteiger partial charge in [-0.25, -0.2) is 9.37 Å². The second-order valence-corrected chi connectivity index (χ2v) is 4.91. The van der Waals surface area contributed by atoms with E-state index in [9.17, 15) is 4.39 Å². The lowest BCUT2D eigenvalue weighted by molar-refractivity contribution is 0.447. The van der Waals surface area contributed by atoms with Crippen molar-refractivity contribution in [2.45, 2.75) is 19.4 Å². The number of para-hydroxylation sites is 2. The van der Waals surface area contributed by atoms with Gasteiger partial charge in [-0.1, -0.05) is 37.3 Å². The van der Waals surface area contributed by atoms with Gasteiger partial charge < -0.3 is 9.73 Å². The number of likely N-dealkylation sites (N-methyl/N-ethyl adjacent to an activating group) is 1. The summed E-state index contributed by atoms with van der Waals surface area (Å²) >= 11 is 0. The summed E-state index contributed by atoms with van der Waals surface area (Å²) in [6.45, 7) is 2.75.